The van der Waals surface area contributed by atoms with E-state index in [4.69, 9.17) is 0 Å². The maximum atomic E-state index is 12.5. The lowest BCUT2D eigenvalue weighted by Crippen LogP contribution is -2.29. The van der Waals surface area contributed by atoms with Crippen LogP contribution >= 0.6 is 0 Å². The van der Waals surface area contributed by atoms with Crippen molar-refractivity contribution in [2.75, 3.05) is 7.05 Å². The van der Waals surface area contributed by atoms with Gasteiger partial charge in [0.25, 0.3) is 11.5 Å². The predicted octanol–water partition coefficient (Wildman–Crippen LogP) is 1.84. The van der Waals surface area contributed by atoms with Crippen molar-refractivity contribution < 1.29 is 4.79 Å². The number of aromatic amines is 1. The molecule has 0 radical (unpaired) electrons. The number of carbonyl (C=O) groups excluding carboxylic acids is 1. The fraction of sp³-hybridized carbons (Fsp3) is 0.235. The van der Waals surface area contributed by atoms with E-state index < -0.39 is 0 Å². The van der Waals surface area contributed by atoms with E-state index in [1.54, 1.807) is 36.2 Å². The molecule has 1 N–H and O–H groups in total. The first-order valence-electron chi connectivity index (χ1n) is 7.33. The van der Waals surface area contributed by atoms with Gasteiger partial charge in [-0.05, 0) is 31.2 Å². The van der Waals surface area contributed by atoms with Gasteiger partial charge in [0.1, 0.15) is 11.5 Å². The van der Waals surface area contributed by atoms with Crippen LogP contribution in [-0.2, 0) is 13.6 Å². The van der Waals surface area contributed by atoms with Gasteiger partial charge in [-0.15, -0.1) is 0 Å². The van der Waals surface area contributed by atoms with Gasteiger partial charge in [0.05, 0.1) is 17.4 Å². The summed E-state index contributed by atoms with van der Waals surface area (Å²) in [5.41, 5.74) is 2.05. The van der Waals surface area contributed by atoms with Crippen molar-refractivity contribution in [2.45, 2.75) is 13.5 Å². The fourth-order valence-electron chi connectivity index (χ4n) is 2.53. The molecule has 0 aliphatic heterocycles. The van der Waals surface area contributed by atoms with Gasteiger partial charge in [-0.3, -0.25) is 9.59 Å². The Kier molecular flexibility index (Phi) is 3.73. The number of hydrogen-bond donors (Lipinski definition) is 1. The number of rotatable bonds is 3. The normalized spacial score (nSPS) is 10.9. The Balaban J connectivity index is 1.88. The molecule has 23 heavy (non-hydrogen) atoms. The Bertz CT molecular complexity index is 939. The number of H-pyrrole nitrogens is 1. The molecule has 0 fully saturated rings. The number of nitrogens with one attached hydrogen (secondary N) is 1. The predicted molar refractivity (Wildman–Crippen MR) is 88.3 cm³/mol. The second-order valence-electron chi connectivity index (χ2n) is 5.61. The molecule has 6 nitrogen and oxygen atoms in total. The zero-order chi connectivity index (χ0) is 16.6. The number of amides is 1. The molecule has 0 aliphatic carbocycles. The highest BCUT2D eigenvalue weighted by atomic mass is 16.2. The van der Waals surface area contributed by atoms with E-state index in [0.717, 1.165) is 5.69 Å². The Morgan fingerprint density at radius 2 is 2.00 bits per heavy atom. The summed E-state index contributed by atoms with van der Waals surface area (Å²) in [7, 11) is 3.55. The van der Waals surface area contributed by atoms with Crippen molar-refractivity contribution in [2.24, 2.45) is 7.05 Å². The van der Waals surface area contributed by atoms with Gasteiger partial charge in [0.2, 0.25) is 0 Å². The van der Waals surface area contributed by atoms with Crippen LogP contribution in [0.15, 0.2) is 41.2 Å². The first kappa shape index (κ1) is 15.0. The molecule has 1 amide bonds. The molecule has 0 unspecified atom stereocenters. The molecule has 0 saturated carbocycles. The summed E-state index contributed by atoms with van der Waals surface area (Å²) in [5, 5.41) is 0.545. The van der Waals surface area contributed by atoms with Crippen molar-refractivity contribution >= 4 is 16.8 Å². The Morgan fingerprint density at radius 1 is 1.26 bits per heavy atom. The van der Waals surface area contributed by atoms with E-state index >= 15 is 0 Å². The molecule has 6 heteroatoms. The van der Waals surface area contributed by atoms with Crippen LogP contribution in [0.25, 0.3) is 10.9 Å². The molecule has 0 bridgehead atoms. The minimum atomic E-state index is -0.193. The minimum Gasteiger partial charge on any atom is -0.344 e. The number of aromatic nitrogens is 3. The topological polar surface area (TPSA) is 71.0 Å². The van der Waals surface area contributed by atoms with Crippen LogP contribution in [0, 0.1) is 6.92 Å². The van der Waals surface area contributed by atoms with Gasteiger partial charge in [0.15, 0.2) is 0 Å². The van der Waals surface area contributed by atoms with Crippen molar-refractivity contribution in [3.63, 3.8) is 0 Å². The molecule has 2 aromatic heterocycles. The first-order valence-corrected chi connectivity index (χ1v) is 7.33. The molecule has 0 atom stereocenters. The average molecular weight is 310 g/mol. The lowest BCUT2D eigenvalue weighted by atomic mass is 10.2. The highest BCUT2D eigenvalue weighted by Crippen LogP contribution is 2.11. The zero-order valence-corrected chi connectivity index (χ0v) is 13.3. The van der Waals surface area contributed by atoms with Gasteiger partial charge < -0.3 is 14.5 Å². The average Bonchev–Trinajstić information content (AvgIpc) is 2.86. The lowest BCUT2D eigenvalue weighted by Gasteiger charge is -2.17. The smallest absolute Gasteiger partial charge is 0.270 e. The number of carbonyl (C=O) groups is 1. The number of benzene rings is 1. The third-order valence-corrected chi connectivity index (χ3v) is 3.99. The van der Waals surface area contributed by atoms with E-state index in [0.29, 0.717) is 22.4 Å². The first-order chi connectivity index (χ1) is 11.0. The van der Waals surface area contributed by atoms with Crippen molar-refractivity contribution in [3.8, 4) is 0 Å². The fourth-order valence-corrected chi connectivity index (χ4v) is 2.53. The molecular weight excluding hydrogens is 292 g/mol. The highest BCUT2D eigenvalue weighted by molar-refractivity contribution is 5.92. The summed E-state index contributed by atoms with van der Waals surface area (Å²) in [6.07, 6.45) is 0. The maximum Gasteiger partial charge on any atom is 0.270 e. The van der Waals surface area contributed by atoms with E-state index in [1.165, 1.54) is 0 Å². The summed E-state index contributed by atoms with van der Waals surface area (Å²) in [6.45, 7) is 2.18. The van der Waals surface area contributed by atoms with Gasteiger partial charge in [-0.2, -0.15) is 0 Å². The van der Waals surface area contributed by atoms with Gasteiger partial charge in [-0.1, -0.05) is 12.1 Å². The Hall–Kier alpha value is -2.89. The van der Waals surface area contributed by atoms with Crippen molar-refractivity contribution in [1.82, 2.24) is 19.4 Å². The van der Waals surface area contributed by atoms with Gasteiger partial charge in [0, 0.05) is 19.8 Å². The molecule has 0 spiro atoms. The molecular formula is C17H18N4O2. The molecule has 3 aromatic rings. The summed E-state index contributed by atoms with van der Waals surface area (Å²) >= 11 is 0. The van der Waals surface area contributed by atoms with Crippen LogP contribution in [0.3, 0.4) is 0 Å². The SMILES string of the molecule is Cc1ccc(C(=O)N(C)Cc2nc3ccccc3c(=O)[nH]2)n1C. The molecule has 0 aliphatic rings. The van der Waals surface area contributed by atoms with Crippen molar-refractivity contribution in [1.29, 1.82) is 0 Å². The van der Waals surface area contributed by atoms with Crippen LogP contribution in [0.1, 0.15) is 22.0 Å². The van der Waals surface area contributed by atoms with Crippen LogP contribution in [0.2, 0.25) is 0 Å². The van der Waals surface area contributed by atoms with E-state index in [9.17, 15) is 9.59 Å². The molecule has 1 aromatic carbocycles. The Labute approximate surface area is 133 Å². The van der Waals surface area contributed by atoms with Crippen LogP contribution in [0.4, 0.5) is 0 Å². The molecule has 0 saturated heterocycles. The maximum absolute atomic E-state index is 12.5. The van der Waals surface area contributed by atoms with Gasteiger partial charge in [-0.25, -0.2) is 4.98 Å². The second kappa shape index (κ2) is 5.72. The highest BCUT2D eigenvalue weighted by Gasteiger charge is 2.17. The number of para-hydroxylation sites is 1. The lowest BCUT2D eigenvalue weighted by molar-refractivity contribution is 0.0772. The van der Waals surface area contributed by atoms with Crippen LogP contribution in [-0.4, -0.2) is 32.4 Å². The van der Waals surface area contributed by atoms with E-state index in [1.807, 2.05) is 30.7 Å². The number of aryl methyl sites for hydroxylation is 1. The third-order valence-electron chi connectivity index (χ3n) is 3.99. The molecule has 3 rings (SSSR count). The number of nitrogens with zero attached hydrogens (tertiary/aromatic N) is 3. The summed E-state index contributed by atoms with van der Waals surface area (Å²) < 4.78 is 1.84. The second-order valence-corrected chi connectivity index (χ2v) is 5.61. The largest absolute Gasteiger partial charge is 0.344 e. The van der Waals surface area contributed by atoms with Crippen LogP contribution < -0.4 is 5.56 Å². The van der Waals surface area contributed by atoms with Crippen molar-refractivity contribution in [3.05, 3.63) is 64.0 Å². The standard InChI is InChI=1S/C17H18N4O2/c1-11-8-9-14(21(11)3)17(23)20(2)10-15-18-13-7-5-4-6-12(13)16(22)19-15/h4-9H,10H2,1-3H3,(H,18,19,22). The number of fused-ring (bicyclic) bond motifs is 1. The monoisotopic (exact) mass is 310 g/mol. The summed E-state index contributed by atoms with van der Waals surface area (Å²) in [4.78, 5) is 33.3. The quantitative estimate of drug-likeness (QED) is 0.802. The molecule has 2 heterocycles. The van der Waals surface area contributed by atoms with E-state index in [2.05, 4.69) is 9.97 Å². The molecule has 118 valence electrons. The zero-order valence-electron chi connectivity index (χ0n) is 13.3. The summed E-state index contributed by atoms with van der Waals surface area (Å²) in [6, 6.07) is 10.8. The Morgan fingerprint density at radius 3 is 2.70 bits per heavy atom. The van der Waals surface area contributed by atoms with Crippen LogP contribution in [0.5, 0.6) is 0 Å². The minimum absolute atomic E-state index is 0.114. The number of hydrogen-bond acceptors (Lipinski definition) is 3. The third kappa shape index (κ3) is 2.75. The van der Waals surface area contributed by atoms with Gasteiger partial charge >= 0.3 is 0 Å². The summed E-state index contributed by atoms with van der Waals surface area (Å²) in [5.74, 6) is 0.354. The van der Waals surface area contributed by atoms with E-state index in [-0.39, 0.29) is 18.0 Å².